The lowest BCUT2D eigenvalue weighted by Crippen LogP contribution is -2.08. The number of hydrogen-bond acceptors (Lipinski definition) is 1. The second-order valence-corrected chi connectivity index (χ2v) is 5.07. The van der Waals surface area contributed by atoms with Crippen LogP contribution in [0.25, 0.3) is 0 Å². The zero-order valence-electron chi connectivity index (χ0n) is 10.2. The highest BCUT2D eigenvalue weighted by Gasteiger charge is 2.16. The molecule has 0 amide bonds. The lowest BCUT2D eigenvalue weighted by Gasteiger charge is -2.23. The number of hydrogen-bond donors (Lipinski definition) is 1. The number of rotatable bonds is 4. The highest BCUT2D eigenvalue weighted by atomic mass is 16.3. The summed E-state index contributed by atoms with van der Waals surface area (Å²) < 4.78 is 0. The SMILES string of the molecule is BC(C)CC(c1ccc(O)cc1)C(C)C. The van der Waals surface area contributed by atoms with Crippen molar-refractivity contribution in [2.45, 2.75) is 38.9 Å². The molecule has 1 nitrogen and oxygen atoms in total. The molecule has 1 aromatic rings. The molecule has 2 heteroatoms. The van der Waals surface area contributed by atoms with E-state index >= 15 is 0 Å². The summed E-state index contributed by atoms with van der Waals surface area (Å²) in [5, 5.41) is 9.26. The Bertz CT molecular complexity index is 290. The van der Waals surface area contributed by atoms with E-state index in [1.165, 1.54) is 12.0 Å². The van der Waals surface area contributed by atoms with Crippen molar-refractivity contribution >= 4 is 7.85 Å². The Morgan fingerprint density at radius 3 is 2.07 bits per heavy atom. The summed E-state index contributed by atoms with van der Waals surface area (Å²) in [6.45, 7) is 6.79. The van der Waals surface area contributed by atoms with E-state index in [4.69, 9.17) is 0 Å². The van der Waals surface area contributed by atoms with Gasteiger partial charge in [-0.3, -0.25) is 0 Å². The molecular formula is C13H21BO. The van der Waals surface area contributed by atoms with Gasteiger partial charge in [-0.2, -0.15) is 0 Å². The van der Waals surface area contributed by atoms with E-state index in [9.17, 15) is 5.11 Å². The van der Waals surface area contributed by atoms with Crippen LogP contribution < -0.4 is 0 Å². The average molecular weight is 204 g/mol. The maximum atomic E-state index is 9.26. The molecule has 0 aliphatic rings. The molecule has 0 saturated carbocycles. The molecular weight excluding hydrogens is 183 g/mol. The van der Waals surface area contributed by atoms with Crippen molar-refractivity contribution in [3.05, 3.63) is 29.8 Å². The molecule has 0 spiro atoms. The lowest BCUT2D eigenvalue weighted by atomic mass is 9.75. The fourth-order valence-electron chi connectivity index (χ4n) is 2.02. The van der Waals surface area contributed by atoms with Crippen molar-refractivity contribution in [1.82, 2.24) is 0 Å². The summed E-state index contributed by atoms with van der Waals surface area (Å²) in [5.41, 5.74) is 1.34. The third-order valence-corrected chi connectivity index (χ3v) is 2.85. The first kappa shape index (κ1) is 12.2. The van der Waals surface area contributed by atoms with Gasteiger partial charge in [0.15, 0.2) is 0 Å². The molecule has 1 rings (SSSR count). The molecule has 0 heterocycles. The van der Waals surface area contributed by atoms with Gasteiger partial charge >= 0.3 is 0 Å². The molecule has 0 aromatic heterocycles. The molecule has 0 saturated heterocycles. The van der Waals surface area contributed by atoms with Gasteiger partial charge in [0.1, 0.15) is 13.6 Å². The van der Waals surface area contributed by atoms with Gasteiger partial charge in [-0.1, -0.05) is 45.1 Å². The van der Waals surface area contributed by atoms with Gasteiger partial charge in [-0.25, -0.2) is 0 Å². The standard InChI is InChI=1S/C13H21BO/c1-9(2)13(8-10(3)14)11-4-6-12(15)7-5-11/h4-7,9-10,13,15H,8,14H2,1-3H3. The zero-order valence-corrected chi connectivity index (χ0v) is 10.2. The Labute approximate surface area is 93.9 Å². The van der Waals surface area contributed by atoms with E-state index in [2.05, 4.69) is 28.6 Å². The molecule has 1 aromatic carbocycles. The van der Waals surface area contributed by atoms with E-state index in [1.54, 1.807) is 12.1 Å². The molecule has 82 valence electrons. The number of phenolic OH excluding ortho intramolecular Hbond substituents is 1. The van der Waals surface area contributed by atoms with Gasteiger partial charge in [0.2, 0.25) is 0 Å². The highest BCUT2D eigenvalue weighted by Crippen LogP contribution is 2.32. The van der Waals surface area contributed by atoms with Crippen LogP contribution in [0.5, 0.6) is 5.75 Å². The minimum atomic E-state index is 0.353. The molecule has 15 heavy (non-hydrogen) atoms. The monoisotopic (exact) mass is 204 g/mol. The fourth-order valence-corrected chi connectivity index (χ4v) is 2.02. The predicted octanol–water partition coefficient (Wildman–Crippen LogP) is 2.96. The summed E-state index contributed by atoms with van der Waals surface area (Å²) in [7, 11) is 2.26. The molecule has 0 fully saturated rings. The quantitative estimate of drug-likeness (QED) is 0.747. The van der Waals surface area contributed by atoms with Gasteiger partial charge < -0.3 is 5.11 Å². The van der Waals surface area contributed by atoms with Crippen molar-refractivity contribution in [3.8, 4) is 5.75 Å². The Balaban J connectivity index is 2.84. The third-order valence-electron chi connectivity index (χ3n) is 2.85. The summed E-state index contributed by atoms with van der Waals surface area (Å²) in [6.07, 6.45) is 1.21. The Morgan fingerprint density at radius 1 is 1.13 bits per heavy atom. The topological polar surface area (TPSA) is 20.2 Å². The second kappa shape index (κ2) is 5.25. The Kier molecular flexibility index (Phi) is 4.25. The number of benzene rings is 1. The van der Waals surface area contributed by atoms with E-state index in [1.807, 2.05) is 12.1 Å². The van der Waals surface area contributed by atoms with Gasteiger partial charge in [-0.05, 0) is 29.5 Å². The van der Waals surface area contributed by atoms with Gasteiger partial charge in [-0.15, -0.1) is 0 Å². The van der Waals surface area contributed by atoms with Crippen molar-refractivity contribution in [1.29, 1.82) is 0 Å². The summed E-state index contributed by atoms with van der Waals surface area (Å²) >= 11 is 0. The second-order valence-electron chi connectivity index (χ2n) is 5.07. The lowest BCUT2D eigenvalue weighted by molar-refractivity contribution is 0.458. The first-order valence-electron chi connectivity index (χ1n) is 5.79. The predicted molar refractivity (Wildman–Crippen MR) is 68.3 cm³/mol. The fraction of sp³-hybridized carbons (Fsp3) is 0.538. The van der Waals surface area contributed by atoms with Crippen molar-refractivity contribution in [3.63, 3.8) is 0 Å². The smallest absolute Gasteiger partial charge is 0.115 e. The molecule has 0 radical (unpaired) electrons. The maximum Gasteiger partial charge on any atom is 0.115 e. The average Bonchev–Trinajstić information content (AvgIpc) is 2.15. The minimum absolute atomic E-state index is 0.353. The highest BCUT2D eigenvalue weighted by molar-refractivity contribution is 6.11. The van der Waals surface area contributed by atoms with Crippen LogP contribution in [0.1, 0.15) is 38.7 Å². The summed E-state index contributed by atoms with van der Waals surface area (Å²) in [6, 6.07) is 7.65. The van der Waals surface area contributed by atoms with Crippen LogP contribution in [-0.2, 0) is 0 Å². The first-order chi connectivity index (χ1) is 7.00. The van der Waals surface area contributed by atoms with Crippen LogP contribution in [0.2, 0.25) is 5.82 Å². The largest absolute Gasteiger partial charge is 0.508 e. The minimum Gasteiger partial charge on any atom is -0.508 e. The summed E-state index contributed by atoms with van der Waals surface area (Å²) in [5.74, 6) is 2.32. The maximum absolute atomic E-state index is 9.26. The van der Waals surface area contributed by atoms with Gasteiger partial charge in [0.25, 0.3) is 0 Å². The van der Waals surface area contributed by atoms with Gasteiger partial charge in [0, 0.05) is 0 Å². The number of aromatic hydroxyl groups is 1. The van der Waals surface area contributed by atoms with Crippen molar-refractivity contribution < 1.29 is 5.11 Å². The Morgan fingerprint density at radius 2 is 1.67 bits per heavy atom. The molecule has 0 bridgehead atoms. The number of phenols is 1. The third kappa shape index (κ3) is 3.62. The molecule has 0 aliphatic heterocycles. The molecule has 2 atom stereocenters. The first-order valence-corrected chi connectivity index (χ1v) is 5.79. The van der Waals surface area contributed by atoms with Crippen LogP contribution in [0.15, 0.2) is 24.3 Å². The normalized spacial score (nSPS) is 15.2. The van der Waals surface area contributed by atoms with Crippen LogP contribution in [0, 0.1) is 5.92 Å². The molecule has 0 aliphatic carbocycles. The summed E-state index contributed by atoms with van der Waals surface area (Å²) in [4.78, 5) is 0. The van der Waals surface area contributed by atoms with E-state index in [-0.39, 0.29) is 0 Å². The Hall–Kier alpha value is -0.915. The van der Waals surface area contributed by atoms with Gasteiger partial charge in [0.05, 0.1) is 0 Å². The van der Waals surface area contributed by atoms with E-state index in [0.717, 1.165) is 0 Å². The van der Waals surface area contributed by atoms with Crippen LogP contribution in [-0.4, -0.2) is 13.0 Å². The van der Waals surface area contributed by atoms with Crippen LogP contribution in [0.3, 0.4) is 0 Å². The van der Waals surface area contributed by atoms with E-state index < -0.39 is 0 Å². The molecule has 2 unspecified atom stereocenters. The van der Waals surface area contributed by atoms with Crippen LogP contribution >= 0.6 is 0 Å². The van der Waals surface area contributed by atoms with Crippen LogP contribution in [0.4, 0.5) is 0 Å². The zero-order chi connectivity index (χ0) is 11.4. The molecule has 1 N–H and O–H groups in total. The van der Waals surface area contributed by atoms with Crippen molar-refractivity contribution in [2.75, 3.05) is 0 Å². The van der Waals surface area contributed by atoms with E-state index in [0.29, 0.717) is 23.4 Å². The van der Waals surface area contributed by atoms with Crippen molar-refractivity contribution in [2.24, 2.45) is 5.92 Å².